The highest BCUT2D eigenvalue weighted by Gasteiger charge is 2.15. The van der Waals surface area contributed by atoms with Crippen molar-refractivity contribution in [2.75, 3.05) is 6.61 Å². The van der Waals surface area contributed by atoms with Crippen LogP contribution in [0.1, 0.15) is 58.8 Å². The van der Waals surface area contributed by atoms with Gasteiger partial charge in [-0.05, 0) is 51.9 Å². The maximum Gasteiger partial charge on any atom is 0.332 e. The Bertz CT molecular complexity index is 456. The van der Waals surface area contributed by atoms with E-state index in [-0.39, 0.29) is 0 Å². The van der Waals surface area contributed by atoms with Crippen LogP contribution in [0.3, 0.4) is 0 Å². The average molecular weight is 347 g/mol. The van der Waals surface area contributed by atoms with Crippen LogP contribution in [0.4, 0.5) is 0 Å². The van der Waals surface area contributed by atoms with Gasteiger partial charge in [-0.15, -0.1) is 0 Å². The fourth-order valence-corrected chi connectivity index (χ4v) is 2.10. The molecule has 0 saturated carbocycles. The molecule has 3 nitrogen and oxygen atoms in total. The van der Waals surface area contributed by atoms with E-state index in [1.165, 1.54) is 0 Å². The van der Waals surface area contributed by atoms with Gasteiger partial charge in [0.15, 0.2) is 6.10 Å². The second-order valence-electron chi connectivity index (χ2n) is 5.57. The Morgan fingerprint density at radius 2 is 1.24 bits per heavy atom. The molecule has 0 aliphatic rings. The largest absolute Gasteiger partial charge is 0.479 e. The van der Waals surface area contributed by atoms with Gasteiger partial charge < -0.3 is 9.84 Å². The quantitative estimate of drug-likeness (QED) is 0.369. The van der Waals surface area contributed by atoms with Gasteiger partial charge in [0, 0.05) is 6.61 Å². The van der Waals surface area contributed by atoms with Crippen molar-refractivity contribution in [2.24, 2.45) is 0 Å². The molecule has 0 aromatic rings. The normalized spacial score (nSPS) is 14.0. The predicted octanol–water partition coefficient (Wildman–Crippen LogP) is 6.01. The summed E-state index contributed by atoms with van der Waals surface area (Å²) in [6.07, 6.45) is 27.0. The van der Waals surface area contributed by atoms with Crippen LogP contribution < -0.4 is 0 Å². The molecule has 140 valence electrons. The molecule has 0 rings (SSSR count). The molecular weight excluding hydrogens is 312 g/mol. The Labute approximate surface area is 153 Å². The molecule has 0 bridgehead atoms. The van der Waals surface area contributed by atoms with E-state index in [1.54, 1.807) is 0 Å². The number of hydrogen-bond acceptors (Lipinski definition) is 2. The van der Waals surface area contributed by atoms with Gasteiger partial charge in [0.25, 0.3) is 0 Å². The van der Waals surface area contributed by atoms with E-state index in [2.05, 4.69) is 61.6 Å². The molecule has 0 aromatic heterocycles. The van der Waals surface area contributed by atoms with E-state index in [0.29, 0.717) is 13.0 Å². The van der Waals surface area contributed by atoms with E-state index in [9.17, 15) is 4.79 Å². The number of hydrogen-bond donors (Lipinski definition) is 1. The molecule has 1 N–H and O–H groups in total. The highest BCUT2D eigenvalue weighted by Crippen LogP contribution is 2.04. The molecule has 0 radical (unpaired) electrons. The van der Waals surface area contributed by atoms with Crippen LogP contribution in [0.15, 0.2) is 60.8 Å². The Morgan fingerprint density at radius 3 is 1.64 bits per heavy atom. The average Bonchev–Trinajstić information content (AvgIpc) is 2.60. The number of carbonyl (C=O) groups is 1. The Kier molecular flexibility index (Phi) is 17.1. The van der Waals surface area contributed by atoms with Crippen molar-refractivity contribution in [1.29, 1.82) is 0 Å². The Balaban J connectivity index is 3.66. The highest BCUT2D eigenvalue weighted by atomic mass is 16.5. The van der Waals surface area contributed by atoms with Gasteiger partial charge >= 0.3 is 5.97 Å². The van der Waals surface area contributed by atoms with Crippen molar-refractivity contribution in [3.8, 4) is 0 Å². The summed E-state index contributed by atoms with van der Waals surface area (Å²) >= 11 is 0. The first-order valence-electron chi connectivity index (χ1n) is 9.31. The van der Waals surface area contributed by atoms with E-state index in [4.69, 9.17) is 9.84 Å². The lowest BCUT2D eigenvalue weighted by Gasteiger charge is -2.10. The lowest BCUT2D eigenvalue weighted by molar-refractivity contribution is -0.150. The van der Waals surface area contributed by atoms with Crippen LogP contribution in [0, 0.1) is 0 Å². The van der Waals surface area contributed by atoms with Gasteiger partial charge in [-0.3, -0.25) is 0 Å². The van der Waals surface area contributed by atoms with Crippen LogP contribution in [0.2, 0.25) is 0 Å². The molecule has 0 heterocycles. The standard InChI is InChI=1S/C22H34O3/c1-3-5-6-7-8-9-10-11-12-13-14-15-16-17-18-19-20-21(22(23)24)25-4-2/h5-6,8-9,11-12,14-15,17-18,21H,3-4,7,10,13,16,19-20H2,1-2H3,(H,23,24)/b6-5-,9-8-,12-11-,15-14-,18-17-. The van der Waals surface area contributed by atoms with Crippen LogP contribution in [-0.2, 0) is 9.53 Å². The minimum atomic E-state index is -0.880. The number of ether oxygens (including phenoxy) is 1. The molecule has 0 fully saturated rings. The van der Waals surface area contributed by atoms with Gasteiger partial charge in [0.2, 0.25) is 0 Å². The first kappa shape index (κ1) is 23.1. The minimum absolute atomic E-state index is 0.433. The summed E-state index contributed by atoms with van der Waals surface area (Å²) in [5.74, 6) is -0.880. The topological polar surface area (TPSA) is 46.5 Å². The Morgan fingerprint density at radius 1 is 0.800 bits per heavy atom. The summed E-state index contributed by atoms with van der Waals surface area (Å²) in [7, 11) is 0. The zero-order valence-electron chi connectivity index (χ0n) is 15.8. The monoisotopic (exact) mass is 346 g/mol. The van der Waals surface area contributed by atoms with Crippen LogP contribution >= 0.6 is 0 Å². The van der Waals surface area contributed by atoms with Crippen molar-refractivity contribution >= 4 is 5.97 Å². The van der Waals surface area contributed by atoms with Crippen LogP contribution in [0.5, 0.6) is 0 Å². The molecule has 0 aliphatic carbocycles. The summed E-state index contributed by atoms with van der Waals surface area (Å²) in [6.45, 7) is 4.39. The third-order valence-corrected chi connectivity index (χ3v) is 3.40. The summed E-state index contributed by atoms with van der Waals surface area (Å²) in [5, 5.41) is 8.96. The zero-order valence-corrected chi connectivity index (χ0v) is 15.8. The molecule has 0 spiro atoms. The molecule has 1 unspecified atom stereocenters. The van der Waals surface area contributed by atoms with Crippen molar-refractivity contribution in [3.63, 3.8) is 0 Å². The fraction of sp³-hybridized carbons (Fsp3) is 0.500. The maximum absolute atomic E-state index is 10.9. The van der Waals surface area contributed by atoms with Crippen molar-refractivity contribution < 1.29 is 14.6 Å². The van der Waals surface area contributed by atoms with E-state index < -0.39 is 12.1 Å². The summed E-state index contributed by atoms with van der Waals surface area (Å²) in [4.78, 5) is 10.9. The number of allylic oxidation sites excluding steroid dienone is 10. The fourth-order valence-electron chi connectivity index (χ4n) is 2.10. The van der Waals surface area contributed by atoms with Crippen molar-refractivity contribution in [3.05, 3.63) is 60.8 Å². The first-order valence-corrected chi connectivity index (χ1v) is 9.31. The number of carboxylic acids is 1. The van der Waals surface area contributed by atoms with Gasteiger partial charge in [-0.1, -0.05) is 67.7 Å². The SMILES string of the molecule is CC/C=C\C/C=C\C/C=C\C/C=C\C/C=C\CCC(OCC)C(=O)O. The predicted molar refractivity (Wildman–Crippen MR) is 107 cm³/mol. The number of rotatable bonds is 15. The van der Waals surface area contributed by atoms with Crippen LogP contribution in [0.25, 0.3) is 0 Å². The lowest BCUT2D eigenvalue weighted by Crippen LogP contribution is -2.23. The second-order valence-corrected chi connectivity index (χ2v) is 5.57. The molecule has 0 aliphatic heterocycles. The lowest BCUT2D eigenvalue weighted by atomic mass is 10.2. The van der Waals surface area contributed by atoms with E-state index in [1.807, 2.05) is 13.0 Å². The highest BCUT2D eigenvalue weighted by molar-refractivity contribution is 5.72. The van der Waals surface area contributed by atoms with E-state index in [0.717, 1.165) is 38.5 Å². The molecule has 0 amide bonds. The minimum Gasteiger partial charge on any atom is -0.479 e. The Hall–Kier alpha value is -1.87. The molecular formula is C22H34O3. The summed E-state index contributed by atoms with van der Waals surface area (Å²) in [6, 6.07) is 0. The maximum atomic E-state index is 10.9. The molecule has 3 heteroatoms. The molecule has 0 saturated heterocycles. The van der Waals surface area contributed by atoms with Gasteiger partial charge in [-0.25, -0.2) is 4.79 Å². The zero-order chi connectivity index (χ0) is 18.6. The van der Waals surface area contributed by atoms with Crippen LogP contribution in [-0.4, -0.2) is 23.8 Å². The van der Waals surface area contributed by atoms with Crippen molar-refractivity contribution in [1.82, 2.24) is 0 Å². The third kappa shape index (κ3) is 16.8. The third-order valence-electron chi connectivity index (χ3n) is 3.40. The molecule has 0 aromatic carbocycles. The number of aliphatic carboxylic acids is 1. The van der Waals surface area contributed by atoms with E-state index >= 15 is 0 Å². The first-order chi connectivity index (χ1) is 12.2. The molecule has 1 atom stereocenters. The summed E-state index contributed by atoms with van der Waals surface area (Å²) in [5.41, 5.74) is 0. The van der Waals surface area contributed by atoms with Crippen molar-refractivity contribution in [2.45, 2.75) is 64.9 Å². The smallest absolute Gasteiger partial charge is 0.332 e. The van der Waals surface area contributed by atoms with Gasteiger partial charge in [0.1, 0.15) is 0 Å². The van der Waals surface area contributed by atoms with Gasteiger partial charge in [-0.2, -0.15) is 0 Å². The summed E-state index contributed by atoms with van der Waals surface area (Å²) < 4.78 is 5.16. The number of carboxylic acid groups (broad SMARTS) is 1. The van der Waals surface area contributed by atoms with Gasteiger partial charge in [0.05, 0.1) is 0 Å². The second kappa shape index (κ2) is 18.5. The molecule has 25 heavy (non-hydrogen) atoms.